The molecule has 0 aromatic carbocycles. The van der Waals surface area contributed by atoms with E-state index in [4.69, 9.17) is 4.74 Å². The molecule has 1 saturated heterocycles. The average Bonchev–Trinajstić information content (AvgIpc) is 2.97. The second-order valence-electron chi connectivity index (χ2n) is 14.0. The van der Waals surface area contributed by atoms with Gasteiger partial charge >= 0.3 is 5.97 Å². The Kier molecular flexibility index (Phi) is 26.5. The fourth-order valence-electron chi connectivity index (χ4n) is 6.71. The Bertz CT molecular complexity index is 554. The van der Waals surface area contributed by atoms with Gasteiger partial charge in [-0.15, -0.1) is 0 Å². The summed E-state index contributed by atoms with van der Waals surface area (Å²) in [5, 5.41) is 3.40. The molecule has 41 heavy (non-hydrogen) atoms. The van der Waals surface area contributed by atoms with Gasteiger partial charge in [-0.2, -0.15) is 0 Å². The molecule has 0 spiro atoms. The molecule has 1 aliphatic heterocycles. The van der Waals surface area contributed by atoms with Crippen molar-refractivity contribution in [3.63, 3.8) is 0 Å². The summed E-state index contributed by atoms with van der Waals surface area (Å²) in [6, 6.07) is 0. The first-order chi connectivity index (χ1) is 20.1. The minimum Gasteiger partial charge on any atom is -0.459 e. The molecule has 244 valence electrons. The molecular formula is C38H75NO2. The summed E-state index contributed by atoms with van der Waals surface area (Å²) >= 11 is 0. The standard InChI is InChI=1S/C38H75NO2/c1-4-5-6-7-8-9-10-11-12-13-14-15-16-17-18-19-20-21-22-23-24-25-26-27-28-29-30-31-37(40)41-38(2,3)36-32-34-39-35-33-36/h36,39H,4-35H2,1-3H3. The molecule has 1 heterocycles. The monoisotopic (exact) mass is 578 g/mol. The van der Waals surface area contributed by atoms with Gasteiger partial charge in [-0.05, 0) is 46.2 Å². The van der Waals surface area contributed by atoms with E-state index in [0.717, 1.165) is 32.4 Å². The van der Waals surface area contributed by atoms with Crippen molar-refractivity contribution in [1.29, 1.82) is 0 Å². The third-order valence-electron chi connectivity index (χ3n) is 9.68. The van der Waals surface area contributed by atoms with Gasteiger partial charge in [0.15, 0.2) is 0 Å². The second kappa shape index (κ2) is 28.2. The van der Waals surface area contributed by atoms with Crippen molar-refractivity contribution in [3.05, 3.63) is 0 Å². The number of rotatable bonds is 30. The molecule has 0 unspecified atom stereocenters. The quantitative estimate of drug-likeness (QED) is 0.0681. The third kappa shape index (κ3) is 24.6. The van der Waals surface area contributed by atoms with Crippen LogP contribution < -0.4 is 5.32 Å². The van der Waals surface area contributed by atoms with Crippen LogP contribution in [0.4, 0.5) is 0 Å². The van der Waals surface area contributed by atoms with Gasteiger partial charge in [0.25, 0.3) is 0 Å². The Morgan fingerprint density at radius 2 is 0.829 bits per heavy atom. The number of hydrogen-bond donors (Lipinski definition) is 1. The van der Waals surface area contributed by atoms with E-state index < -0.39 is 0 Å². The van der Waals surface area contributed by atoms with Crippen LogP contribution in [0.2, 0.25) is 0 Å². The number of unbranched alkanes of at least 4 members (excludes halogenated alkanes) is 26. The van der Waals surface area contributed by atoms with Crippen LogP contribution in [0.25, 0.3) is 0 Å². The summed E-state index contributed by atoms with van der Waals surface area (Å²) in [5.41, 5.74) is -0.315. The van der Waals surface area contributed by atoms with Crippen LogP contribution in [0.1, 0.15) is 213 Å². The maximum absolute atomic E-state index is 12.3. The highest BCUT2D eigenvalue weighted by atomic mass is 16.6. The highest BCUT2D eigenvalue weighted by molar-refractivity contribution is 5.69. The van der Waals surface area contributed by atoms with Crippen molar-refractivity contribution in [2.24, 2.45) is 5.92 Å². The van der Waals surface area contributed by atoms with Crippen LogP contribution in [0, 0.1) is 5.92 Å². The maximum atomic E-state index is 12.3. The van der Waals surface area contributed by atoms with Crippen LogP contribution in [-0.4, -0.2) is 24.7 Å². The Morgan fingerprint density at radius 3 is 1.15 bits per heavy atom. The highest BCUT2D eigenvalue weighted by Gasteiger charge is 2.33. The number of esters is 1. The van der Waals surface area contributed by atoms with Crippen LogP contribution in [-0.2, 0) is 9.53 Å². The van der Waals surface area contributed by atoms with E-state index in [0.29, 0.717) is 12.3 Å². The van der Waals surface area contributed by atoms with E-state index in [1.54, 1.807) is 0 Å². The topological polar surface area (TPSA) is 38.3 Å². The molecule has 0 amide bonds. The molecule has 0 radical (unpaired) electrons. The molecule has 1 aliphatic rings. The zero-order valence-corrected chi connectivity index (χ0v) is 28.5. The molecule has 3 heteroatoms. The highest BCUT2D eigenvalue weighted by Crippen LogP contribution is 2.29. The first-order valence-electron chi connectivity index (χ1n) is 19.0. The van der Waals surface area contributed by atoms with Crippen LogP contribution in [0.15, 0.2) is 0 Å². The molecule has 1 rings (SSSR count). The molecule has 0 aliphatic carbocycles. The predicted octanol–water partition coefficient (Wildman–Crippen LogP) is 12.3. The predicted molar refractivity (Wildman–Crippen MR) is 181 cm³/mol. The molecular weight excluding hydrogens is 502 g/mol. The minimum atomic E-state index is -0.315. The van der Waals surface area contributed by atoms with E-state index >= 15 is 0 Å². The summed E-state index contributed by atoms with van der Waals surface area (Å²) in [6.07, 6.45) is 40.9. The van der Waals surface area contributed by atoms with E-state index in [2.05, 4.69) is 26.1 Å². The van der Waals surface area contributed by atoms with E-state index in [1.807, 2.05) is 0 Å². The second-order valence-corrected chi connectivity index (χ2v) is 14.0. The molecule has 0 bridgehead atoms. The van der Waals surface area contributed by atoms with Gasteiger partial charge in [0, 0.05) is 12.3 Å². The van der Waals surface area contributed by atoms with Crippen molar-refractivity contribution >= 4 is 5.97 Å². The number of ether oxygens (including phenoxy) is 1. The van der Waals surface area contributed by atoms with Crippen LogP contribution in [0.3, 0.4) is 0 Å². The summed E-state index contributed by atoms with van der Waals surface area (Å²) in [5.74, 6) is 0.500. The number of piperidine rings is 1. The molecule has 0 saturated carbocycles. The fraction of sp³-hybridized carbons (Fsp3) is 0.974. The van der Waals surface area contributed by atoms with Crippen molar-refractivity contribution in [2.45, 2.75) is 219 Å². The molecule has 3 nitrogen and oxygen atoms in total. The smallest absolute Gasteiger partial charge is 0.306 e. The van der Waals surface area contributed by atoms with Gasteiger partial charge in [-0.1, -0.05) is 174 Å². The Hall–Kier alpha value is -0.570. The zero-order valence-electron chi connectivity index (χ0n) is 28.5. The van der Waals surface area contributed by atoms with Gasteiger partial charge in [0.1, 0.15) is 5.60 Å². The molecule has 1 N–H and O–H groups in total. The summed E-state index contributed by atoms with van der Waals surface area (Å²) < 4.78 is 5.87. The largest absolute Gasteiger partial charge is 0.459 e. The van der Waals surface area contributed by atoms with Crippen LogP contribution in [0.5, 0.6) is 0 Å². The van der Waals surface area contributed by atoms with E-state index in [-0.39, 0.29) is 11.6 Å². The molecule has 0 aromatic rings. The fourth-order valence-corrected chi connectivity index (χ4v) is 6.71. The third-order valence-corrected chi connectivity index (χ3v) is 9.68. The molecule has 1 fully saturated rings. The first kappa shape index (κ1) is 38.5. The lowest BCUT2D eigenvalue weighted by Gasteiger charge is -2.36. The van der Waals surface area contributed by atoms with Crippen molar-refractivity contribution < 1.29 is 9.53 Å². The number of nitrogens with one attached hydrogen (secondary N) is 1. The number of carbonyl (C=O) groups is 1. The summed E-state index contributed by atoms with van der Waals surface area (Å²) in [4.78, 5) is 12.3. The number of hydrogen-bond acceptors (Lipinski definition) is 3. The van der Waals surface area contributed by atoms with Gasteiger partial charge in [-0.25, -0.2) is 0 Å². The van der Waals surface area contributed by atoms with Crippen molar-refractivity contribution in [3.8, 4) is 0 Å². The lowest BCUT2D eigenvalue weighted by atomic mass is 9.83. The summed E-state index contributed by atoms with van der Waals surface area (Å²) in [7, 11) is 0. The molecule has 0 aromatic heterocycles. The van der Waals surface area contributed by atoms with Crippen LogP contribution >= 0.6 is 0 Å². The number of carbonyl (C=O) groups excluding carboxylic acids is 1. The maximum Gasteiger partial charge on any atom is 0.306 e. The van der Waals surface area contributed by atoms with Gasteiger partial charge in [0.2, 0.25) is 0 Å². The van der Waals surface area contributed by atoms with Crippen molar-refractivity contribution in [1.82, 2.24) is 5.32 Å². The minimum absolute atomic E-state index is 0.00752. The zero-order chi connectivity index (χ0) is 29.7. The lowest BCUT2D eigenvalue weighted by Crippen LogP contribution is -2.42. The first-order valence-corrected chi connectivity index (χ1v) is 19.0. The summed E-state index contributed by atoms with van der Waals surface area (Å²) in [6.45, 7) is 8.59. The molecule has 0 atom stereocenters. The van der Waals surface area contributed by atoms with Gasteiger partial charge in [0.05, 0.1) is 0 Å². The van der Waals surface area contributed by atoms with Crippen molar-refractivity contribution in [2.75, 3.05) is 13.1 Å². The van der Waals surface area contributed by atoms with E-state index in [9.17, 15) is 4.79 Å². The van der Waals surface area contributed by atoms with E-state index in [1.165, 1.54) is 167 Å². The Labute approximate surface area is 258 Å². The normalized spacial score (nSPS) is 14.5. The lowest BCUT2D eigenvalue weighted by molar-refractivity contribution is -0.162. The Morgan fingerprint density at radius 1 is 0.537 bits per heavy atom. The van der Waals surface area contributed by atoms with Gasteiger partial charge in [-0.3, -0.25) is 4.79 Å². The van der Waals surface area contributed by atoms with Gasteiger partial charge < -0.3 is 10.1 Å². The SMILES string of the molecule is CCCCCCCCCCCCCCCCCCCCCCCCCCCCCC(=O)OC(C)(C)C1CCNCC1. The average molecular weight is 578 g/mol. The Balaban J connectivity index is 1.71.